The van der Waals surface area contributed by atoms with Crippen LogP contribution in [0.1, 0.15) is 16.8 Å². The molecule has 0 amide bonds. The number of anilines is 2. The molecule has 0 bridgehead atoms. The van der Waals surface area contributed by atoms with E-state index in [-0.39, 0.29) is 5.82 Å². The monoisotopic (exact) mass is 317 g/mol. The maximum absolute atomic E-state index is 14.4. The zero-order valence-electron chi connectivity index (χ0n) is 12.8. The third-order valence-corrected chi connectivity index (χ3v) is 3.91. The number of rotatable bonds is 1. The van der Waals surface area contributed by atoms with Crippen molar-refractivity contribution in [2.45, 2.75) is 6.92 Å². The highest BCUT2D eigenvalue weighted by atomic mass is 19.1. The van der Waals surface area contributed by atoms with E-state index in [1.165, 1.54) is 6.07 Å². The van der Waals surface area contributed by atoms with E-state index in [9.17, 15) is 4.39 Å². The second-order valence-electron chi connectivity index (χ2n) is 5.45. The summed E-state index contributed by atoms with van der Waals surface area (Å²) < 4.78 is 14.4. The molecule has 4 rings (SSSR count). The van der Waals surface area contributed by atoms with Gasteiger partial charge in [0, 0.05) is 16.8 Å². The number of halogens is 1. The van der Waals surface area contributed by atoms with Crippen molar-refractivity contribution in [3.05, 3.63) is 76.5 Å². The Morgan fingerprint density at radius 1 is 1.12 bits per heavy atom. The molecular weight excluding hydrogens is 305 g/mol. The predicted octanol–water partition coefficient (Wildman–Crippen LogP) is 4.63. The Morgan fingerprint density at radius 3 is 2.75 bits per heavy atom. The molecule has 3 aromatic rings. The van der Waals surface area contributed by atoms with E-state index in [1.807, 2.05) is 6.92 Å². The molecule has 2 aromatic carbocycles. The van der Waals surface area contributed by atoms with E-state index in [4.69, 9.17) is 6.57 Å². The van der Waals surface area contributed by atoms with Crippen LogP contribution in [0.3, 0.4) is 0 Å². The topological polar surface area (TPSA) is 57.4 Å². The molecule has 0 fully saturated rings. The zero-order chi connectivity index (χ0) is 16.7. The summed E-state index contributed by atoms with van der Waals surface area (Å²) in [6.07, 6.45) is 0. The molecule has 0 unspecified atom stereocenters. The van der Waals surface area contributed by atoms with Gasteiger partial charge in [0.2, 0.25) is 0 Å². The van der Waals surface area contributed by atoms with Gasteiger partial charge in [-0.15, -0.1) is 0 Å². The van der Waals surface area contributed by atoms with Crippen LogP contribution >= 0.6 is 0 Å². The molecular formula is C18H12FN5. The van der Waals surface area contributed by atoms with Crippen molar-refractivity contribution in [2.24, 2.45) is 4.99 Å². The first-order chi connectivity index (χ1) is 11.7. The number of aliphatic imine (C=N–C) groups is 1. The molecule has 0 atom stereocenters. The normalized spacial score (nSPS) is 12.3. The van der Waals surface area contributed by atoms with Gasteiger partial charge in [0.15, 0.2) is 11.5 Å². The molecule has 6 heteroatoms. The summed E-state index contributed by atoms with van der Waals surface area (Å²) in [5.41, 5.74) is 4.15. The number of nitrogens with zero attached hydrogens (tertiary/aromatic N) is 3. The van der Waals surface area contributed by atoms with Gasteiger partial charge in [-0.3, -0.25) is 5.10 Å². The first-order valence-electron chi connectivity index (χ1n) is 7.35. The zero-order valence-corrected chi connectivity index (χ0v) is 12.8. The van der Waals surface area contributed by atoms with E-state index in [2.05, 4.69) is 25.4 Å². The molecule has 116 valence electrons. The van der Waals surface area contributed by atoms with Gasteiger partial charge in [-0.05, 0) is 31.2 Å². The first kappa shape index (κ1) is 14.2. The lowest BCUT2D eigenvalue weighted by Crippen LogP contribution is -2.07. The second-order valence-corrected chi connectivity index (χ2v) is 5.45. The summed E-state index contributed by atoms with van der Waals surface area (Å²) in [6, 6.07) is 11.7. The van der Waals surface area contributed by atoms with E-state index >= 15 is 0 Å². The average Bonchev–Trinajstić information content (AvgIpc) is 2.85. The number of nitrogens with one attached hydrogen (secondary N) is 2. The summed E-state index contributed by atoms with van der Waals surface area (Å²) in [5, 5.41) is 10.3. The molecule has 1 aromatic heterocycles. The van der Waals surface area contributed by atoms with Crippen molar-refractivity contribution >= 4 is 28.6 Å². The summed E-state index contributed by atoms with van der Waals surface area (Å²) in [4.78, 5) is 8.13. The molecule has 1 aliphatic rings. The second kappa shape index (κ2) is 5.32. The van der Waals surface area contributed by atoms with Crippen LogP contribution in [0.2, 0.25) is 0 Å². The van der Waals surface area contributed by atoms with Crippen LogP contribution in [0.4, 0.5) is 27.3 Å². The maximum Gasteiger partial charge on any atom is 0.188 e. The maximum atomic E-state index is 14.4. The van der Waals surface area contributed by atoms with Crippen molar-refractivity contribution in [1.82, 2.24) is 10.2 Å². The third-order valence-electron chi connectivity index (χ3n) is 3.91. The summed E-state index contributed by atoms with van der Waals surface area (Å²) in [5.74, 6) is 0.218. The quantitative estimate of drug-likeness (QED) is 0.503. The Bertz CT molecular complexity index is 1030. The number of fused-ring (bicyclic) bond motifs is 2. The Labute approximate surface area is 137 Å². The van der Waals surface area contributed by atoms with Gasteiger partial charge in [-0.2, -0.15) is 5.10 Å². The molecule has 24 heavy (non-hydrogen) atoms. The van der Waals surface area contributed by atoms with Gasteiger partial charge in [0.05, 0.1) is 18.0 Å². The van der Waals surface area contributed by atoms with E-state index in [0.29, 0.717) is 34.0 Å². The highest BCUT2D eigenvalue weighted by molar-refractivity contribution is 6.19. The molecule has 0 spiro atoms. The molecule has 1 aliphatic heterocycles. The SMILES string of the molecule is [C-]#[N+]c1ccc2c(c1)C(c1ccccc1F)=Nc1c(n[nH]c1C)N2. The minimum Gasteiger partial charge on any atom is -0.336 e. The lowest BCUT2D eigenvalue weighted by atomic mass is 9.99. The fourth-order valence-electron chi connectivity index (χ4n) is 2.71. The van der Waals surface area contributed by atoms with Gasteiger partial charge >= 0.3 is 0 Å². The minimum atomic E-state index is -0.361. The molecule has 0 radical (unpaired) electrons. The molecule has 5 nitrogen and oxygen atoms in total. The van der Waals surface area contributed by atoms with Crippen molar-refractivity contribution in [3.8, 4) is 0 Å². The van der Waals surface area contributed by atoms with Crippen LogP contribution < -0.4 is 5.32 Å². The molecule has 0 saturated heterocycles. The van der Waals surface area contributed by atoms with Gasteiger partial charge in [0.25, 0.3) is 0 Å². The van der Waals surface area contributed by atoms with Crippen LogP contribution in [0.5, 0.6) is 0 Å². The van der Waals surface area contributed by atoms with Crippen LogP contribution in [-0.4, -0.2) is 15.9 Å². The van der Waals surface area contributed by atoms with Crippen molar-refractivity contribution < 1.29 is 4.39 Å². The van der Waals surface area contributed by atoms with Crippen molar-refractivity contribution in [2.75, 3.05) is 5.32 Å². The third kappa shape index (κ3) is 2.15. The van der Waals surface area contributed by atoms with E-state index in [0.717, 1.165) is 11.4 Å². The predicted molar refractivity (Wildman–Crippen MR) is 91.0 cm³/mol. The van der Waals surface area contributed by atoms with Gasteiger partial charge in [0.1, 0.15) is 11.5 Å². The van der Waals surface area contributed by atoms with Crippen LogP contribution in [0, 0.1) is 19.3 Å². The molecule has 2 N–H and O–H groups in total. The lowest BCUT2D eigenvalue weighted by Gasteiger charge is -2.11. The number of aromatic amines is 1. The number of hydrogen-bond donors (Lipinski definition) is 2. The van der Waals surface area contributed by atoms with Crippen molar-refractivity contribution in [1.29, 1.82) is 0 Å². The Kier molecular flexibility index (Phi) is 3.14. The van der Waals surface area contributed by atoms with Gasteiger partial charge < -0.3 is 5.32 Å². The molecule has 0 aliphatic carbocycles. The molecule has 0 saturated carbocycles. The average molecular weight is 317 g/mol. The van der Waals surface area contributed by atoms with E-state index < -0.39 is 0 Å². The molecule has 2 heterocycles. The van der Waals surface area contributed by atoms with Crippen LogP contribution in [0.25, 0.3) is 4.85 Å². The van der Waals surface area contributed by atoms with Gasteiger partial charge in [-0.25, -0.2) is 14.2 Å². The Hall–Kier alpha value is -3.46. The number of H-pyrrole nitrogens is 1. The number of benzene rings is 2. The fraction of sp³-hybridized carbons (Fsp3) is 0.0556. The first-order valence-corrected chi connectivity index (χ1v) is 7.35. The summed E-state index contributed by atoms with van der Waals surface area (Å²) in [6.45, 7) is 9.09. The minimum absolute atomic E-state index is 0.361. The standard InChI is InChI=1S/C18H12FN5/c1-10-16-18(24-23-10)21-15-8-7-11(20-2)9-13(15)17(22-16)12-5-3-4-6-14(12)19/h3-9H,1H3,(H2,21,23,24). The number of aromatic nitrogens is 2. The number of hydrogen-bond acceptors (Lipinski definition) is 3. The van der Waals surface area contributed by atoms with Crippen molar-refractivity contribution in [3.63, 3.8) is 0 Å². The summed E-state index contributed by atoms with van der Waals surface area (Å²) >= 11 is 0. The fourth-order valence-corrected chi connectivity index (χ4v) is 2.71. The highest BCUT2D eigenvalue weighted by Gasteiger charge is 2.22. The van der Waals surface area contributed by atoms with Crippen LogP contribution in [0.15, 0.2) is 47.5 Å². The lowest BCUT2D eigenvalue weighted by molar-refractivity contribution is 0.625. The largest absolute Gasteiger partial charge is 0.336 e. The number of aryl methyl sites for hydroxylation is 1. The highest BCUT2D eigenvalue weighted by Crippen LogP contribution is 2.37. The Morgan fingerprint density at radius 2 is 1.96 bits per heavy atom. The van der Waals surface area contributed by atoms with Gasteiger partial charge in [-0.1, -0.05) is 18.2 Å². The van der Waals surface area contributed by atoms with E-state index in [1.54, 1.807) is 36.4 Å². The smallest absolute Gasteiger partial charge is 0.188 e. The summed E-state index contributed by atoms with van der Waals surface area (Å²) in [7, 11) is 0. The Balaban J connectivity index is 2.05. The van der Waals surface area contributed by atoms with Crippen LogP contribution in [-0.2, 0) is 0 Å².